The number of rotatable bonds is 8. The number of hydrogen-bond acceptors (Lipinski definition) is 8. The first-order chi connectivity index (χ1) is 15.2. The summed E-state index contributed by atoms with van der Waals surface area (Å²) in [4.78, 5) is 9.59. The Morgan fingerprint density at radius 3 is 2.28 bits per heavy atom. The first kappa shape index (κ1) is 25.5. The van der Waals surface area contributed by atoms with Crippen LogP contribution in [0.1, 0.15) is 24.5 Å². The Balaban J connectivity index is 0.000000654. The van der Waals surface area contributed by atoms with Crippen LogP contribution < -0.4 is 21.3 Å². The number of aromatic hydroxyl groups is 1. The monoisotopic (exact) mass is 462 g/mol. The summed E-state index contributed by atoms with van der Waals surface area (Å²) in [5.74, 6) is -0.00161. The van der Waals surface area contributed by atoms with Gasteiger partial charge in [0.25, 0.3) is 0 Å². The van der Waals surface area contributed by atoms with E-state index in [0.29, 0.717) is 24.7 Å². The molecule has 0 bridgehead atoms. The topological polar surface area (TPSA) is 110 Å². The number of phenols is 1. The van der Waals surface area contributed by atoms with Crippen LogP contribution in [0.2, 0.25) is 6.04 Å². The van der Waals surface area contributed by atoms with Gasteiger partial charge in [-0.15, -0.1) is 0 Å². The van der Waals surface area contributed by atoms with E-state index in [1.54, 1.807) is 28.3 Å². The number of nitrogens with two attached hydrogens (primary N) is 1. The van der Waals surface area contributed by atoms with E-state index in [1.807, 2.05) is 30.2 Å². The zero-order valence-corrected chi connectivity index (χ0v) is 20.6. The second-order valence-electron chi connectivity index (χ2n) is 7.38. The van der Waals surface area contributed by atoms with Crippen LogP contribution in [0.15, 0.2) is 36.4 Å². The zero-order valence-electron chi connectivity index (χ0n) is 19.6. The highest BCUT2D eigenvalue weighted by atomic mass is 28.4. The molecule has 0 saturated heterocycles. The first-order valence-electron chi connectivity index (χ1n) is 10.4. The van der Waals surface area contributed by atoms with Crippen LogP contribution in [-0.4, -0.2) is 47.7 Å². The number of hydrazine groups is 2. The first-order valence-corrected chi connectivity index (χ1v) is 12.3. The van der Waals surface area contributed by atoms with Gasteiger partial charge >= 0.3 is 8.80 Å². The number of nitrogens with zero attached hydrogens (tertiary/aromatic N) is 2. The molecule has 2 aromatic carbocycles. The van der Waals surface area contributed by atoms with E-state index in [2.05, 4.69) is 41.3 Å². The van der Waals surface area contributed by atoms with Gasteiger partial charge in [-0.05, 0) is 43.2 Å². The van der Waals surface area contributed by atoms with E-state index in [-0.39, 0.29) is 11.7 Å². The summed E-state index contributed by atoms with van der Waals surface area (Å²) < 4.78 is 16.7. The second kappa shape index (κ2) is 11.2. The Morgan fingerprint density at radius 1 is 1.09 bits per heavy atom. The van der Waals surface area contributed by atoms with Gasteiger partial charge in [0.2, 0.25) is 5.91 Å². The molecule has 9 nitrogen and oxygen atoms in total. The largest absolute Gasteiger partial charge is 0.505 e. The SMILES string of the molecule is CCC(N)=O.CO[Si](CCN1c2ccc(C)cc2NN1c1cccc(C)c1O)(OC)OC. The number of amides is 1. The number of anilines is 3. The lowest BCUT2D eigenvalue weighted by molar-refractivity contribution is -0.117. The Morgan fingerprint density at radius 2 is 1.72 bits per heavy atom. The van der Waals surface area contributed by atoms with Gasteiger partial charge < -0.3 is 24.1 Å². The van der Waals surface area contributed by atoms with Crippen molar-refractivity contribution >= 4 is 31.8 Å². The summed E-state index contributed by atoms with van der Waals surface area (Å²) >= 11 is 0. The van der Waals surface area contributed by atoms with Gasteiger partial charge in [0.1, 0.15) is 11.4 Å². The summed E-state index contributed by atoms with van der Waals surface area (Å²) in [6.45, 7) is 6.26. The highest BCUT2D eigenvalue weighted by molar-refractivity contribution is 6.60. The molecule has 0 saturated carbocycles. The summed E-state index contributed by atoms with van der Waals surface area (Å²) in [7, 11) is 2.11. The standard InChI is InChI=1S/C19H27N3O4Si.C3H7NO/c1-14-9-10-17-16(13-14)20-22(18-8-6-7-15(2)19(18)23)21(17)11-12-27(24-3,25-4)26-5;1-2-3(4)5/h6-10,13,20,23H,11-12H2,1-5H3;2H2,1H3,(H2,4,5). The minimum Gasteiger partial charge on any atom is -0.505 e. The van der Waals surface area contributed by atoms with Gasteiger partial charge in [0, 0.05) is 40.3 Å². The number of nitrogens with one attached hydrogen (secondary N) is 1. The molecule has 0 unspecified atom stereocenters. The van der Waals surface area contributed by atoms with Crippen molar-refractivity contribution in [2.75, 3.05) is 43.4 Å². The lowest BCUT2D eigenvalue weighted by Crippen LogP contribution is -2.49. The van der Waals surface area contributed by atoms with Crippen LogP contribution >= 0.6 is 0 Å². The third kappa shape index (κ3) is 5.71. The Kier molecular flexibility index (Phi) is 8.90. The minimum atomic E-state index is -2.73. The Hall–Kier alpha value is -2.79. The number of aryl methyl sites for hydroxylation is 2. The van der Waals surface area contributed by atoms with Crippen molar-refractivity contribution in [2.24, 2.45) is 5.73 Å². The average Bonchev–Trinajstić information content (AvgIpc) is 3.14. The molecule has 0 aliphatic carbocycles. The van der Waals surface area contributed by atoms with E-state index in [1.165, 1.54) is 0 Å². The molecule has 2 aromatic rings. The molecule has 176 valence electrons. The third-order valence-electron chi connectivity index (χ3n) is 5.25. The lowest BCUT2D eigenvalue weighted by Gasteiger charge is -2.33. The van der Waals surface area contributed by atoms with Gasteiger partial charge in [-0.3, -0.25) is 15.2 Å². The molecular formula is C22H34N4O5Si. The highest BCUT2D eigenvalue weighted by Gasteiger charge is 2.40. The zero-order chi connectivity index (χ0) is 23.9. The number of fused-ring (bicyclic) bond motifs is 1. The molecule has 10 heteroatoms. The van der Waals surface area contributed by atoms with E-state index in [9.17, 15) is 9.90 Å². The second-order valence-corrected chi connectivity index (χ2v) is 10.5. The number of primary amides is 1. The summed E-state index contributed by atoms with van der Waals surface area (Å²) in [6.07, 6.45) is 0.444. The van der Waals surface area contributed by atoms with Crippen LogP contribution in [0.25, 0.3) is 0 Å². The maximum atomic E-state index is 10.6. The molecular weight excluding hydrogens is 428 g/mol. The molecule has 4 N–H and O–H groups in total. The number of carbonyl (C=O) groups is 1. The fraction of sp³-hybridized carbons (Fsp3) is 0.409. The van der Waals surface area contributed by atoms with E-state index in [0.717, 1.165) is 22.5 Å². The molecule has 1 aliphatic heterocycles. The highest BCUT2D eigenvalue weighted by Crippen LogP contribution is 2.41. The molecule has 1 aliphatic rings. The van der Waals surface area contributed by atoms with Crippen LogP contribution in [0.5, 0.6) is 5.75 Å². The molecule has 0 aromatic heterocycles. The Bertz CT molecular complexity index is 915. The van der Waals surface area contributed by atoms with E-state index in [4.69, 9.17) is 13.3 Å². The fourth-order valence-corrected chi connectivity index (χ4v) is 4.87. The van der Waals surface area contributed by atoms with Crippen molar-refractivity contribution in [3.05, 3.63) is 47.5 Å². The third-order valence-corrected chi connectivity index (χ3v) is 7.96. The molecule has 0 radical (unpaired) electrons. The normalized spacial score (nSPS) is 12.7. The van der Waals surface area contributed by atoms with Crippen molar-refractivity contribution < 1.29 is 23.2 Å². The van der Waals surface area contributed by atoms with Crippen molar-refractivity contribution in [1.29, 1.82) is 0 Å². The van der Waals surface area contributed by atoms with Gasteiger partial charge in [-0.25, -0.2) is 0 Å². The Labute approximate surface area is 191 Å². The van der Waals surface area contributed by atoms with Crippen molar-refractivity contribution in [2.45, 2.75) is 33.2 Å². The van der Waals surface area contributed by atoms with Crippen LogP contribution in [0, 0.1) is 13.8 Å². The molecule has 1 amide bonds. The van der Waals surface area contributed by atoms with E-state index >= 15 is 0 Å². The average molecular weight is 463 g/mol. The predicted molar refractivity (Wildman–Crippen MR) is 129 cm³/mol. The van der Waals surface area contributed by atoms with Crippen LogP contribution in [0.4, 0.5) is 17.1 Å². The fourth-order valence-electron chi connectivity index (χ4n) is 3.27. The van der Waals surface area contributed by atoms with Crippen LogP contribution in [-0.2, 0) is 18.1 Å². The van der Waals surface area contributed by atoms with E-state index < -0.39 is 8.80 Å². The predicted octanol–water partition coefficient (Wildman–Crippen LogP) is 3.34. The van der Waals surface area contributed by atoms with Crippen LogP contribution in [0.3, 0.4) is 0 Å². The smallest absolute Gasteiger partial charge is 0.502 e. The maximum Gasteiger partial charge on any atom is 0.502 e. The molecule has 1 heterocycles. The molecule has 0 spiro atoms. The molecule has 0 fully saturated rings. The summed E-state index contributed by atoms with van der Waals surface area (Å²) in [5.41, 5.74) is 12.7. The van der Waals surface area contributed by atoms with Crippen molar-refractivity contribution in [1.82, 2.24) is 0 Å². The van der Waals surface area contributed by atoms with Crippen molar-refractivity contribution in [3.8, 4) is 5.75 Å². The summed E-state index contributed by atoms with van der Waals surface area (Å²) in [6, 6.07) is 12.5. The number of benzene rings is 2. The molecule has 32 heavy (non-hydrogen) atoms. The number of phenolic OH excluding ortho intramolecular Hbond substituents is 1. The maximum absolute atomic E-state index is 10.6. The minimum absolute atomic E-state index is 0.244. The molecule has 0 atom stereocenters. The van der Waals surface area contributed by atoms with Gasteiger partial charge in [0.05, 0.1) is 11.4 Å². The van der Waals surface area contributed by atoms with Gasteiger partial charge in [-0.2, -0.15) is 5.12 Å². The lowest BCUT2D eigenvalue weighted by atomic mass is 10.2. The number of hydrogen-bond donors (Lipinski definition) is 3. The number of para-hydroxylation sites is 1. The number of carbonyl (C=O) groups excluding carboxylic acids is 1. The van der Waals surface area contributed by atoms with Crippen molar-refractivity contribution in [3.63, 3.8) is 0 Å². The molecule has 3 rings (SSSR count). The summed E-state index contributed by atoms with van der Waals surface area (Å²) in [5, 5.41) is 14.5. The quantitative estimate of drug-likeness (QED) is 0.513. The van der Waals surface area contributed by atoms with Gasteiger partial charge in [-0.1, -0.05) is 25.1 Å². The van der Waals surface area contributed by atoms with Gasteiger partial charge in [0.15, 0.2) is 0 Å².